The number of carbonyl (C=O) groups excluding carboxylic acids is 1. The standard InChI is InChI=1S/C19H24F4N2O2/c1-12-5-6-18(27-11-12,14-3-4-14)17(26)24-10-13-7-15(20)9-16(8-13)25(2)19(21,22)23/h7-9,12,14H,3-6,10-11H2,1-2H3,(H,24,26)/t12?,18-/m0/s1. The molecule has 0 aromatic heterocycles. The van der Waals surface area contributed by atoms with Crippen LogP contribution in [-0.4, -0.2) is 31.5 Å². The molecule has 1 N–H and O–H groups in total. The zero-order chi connectivity index (χ0) is 19.8. The Balaban J connectivity index is 1.70. The van der Waals surface area contributed by atoms with Crippen LogP contribution < -0.4 is 10.2 Å². The number of carbonyl (C=O) groups is 1. The van der Waals surface area contributed by atoms with E-state index in [-0.39, 0.29) is 34.5 Å². The minimum atomic E-state index is -4.61. The molecule has 1 unspecified atom stereocenters. The first-order valence-electron chi connectivity index (χ1n) is 9.14. The second-order valence-electron chi connectivity index (χ2n) is 7.65. The average molecular weight is 388 g/mol. The first-order valence-corrected chi connectivity index (χ1v) is 9.14. The van der Waals surface area contributed by atoms with Crippen LogP contribution in [0.1, 0.15) is 38.2 Å². The van der Waals surface area contributed by atoms with Gasteiger partial charge in [-0.1, -0.05) is 6.92 Å². The molecular formula is C19H24F4N2O2. The van der Waals surface area contributed by atoms with E-state index in [2.05, 4.69) is 12.2 Å². The summed E-state index contributed by atoms with van der Waals surface area (Å²) in [7, 11) is 0.830. The molecule has 1 aliphatic heterocycles. The van der Waals surface area contributed by atoms with Crippen LogP contribution >= 0.6 is 0 Å². The molecule has 3 rings (SSSR count). The molecule has 2 fully saturated rings. The molecule has 1 aliphatic carbocycles. The van der Waals surface area contributed by atoms with Crippen molar-refractivity contribution >= 4 is 11.6 Å². The Kier molecular flexibility index (Phi) is 5.38. The highest BCUT2D eigenvalue weighted by Gasteiger charge is 2.53. The fourth-order valence-corrected chi connectivity index (χ4v) is 3.55. The van der Waals surface area contributed by atoms with Crippen molar-refractivity contribution in [2.75, 3.05) is 18.6 Å². The Morgan fingerprint density at radius 1 is 1.30 bits per heavy atom. The lowest BCUT2D eigenvalue weighted by molar-refractivity contribution is -0.162. The van der Waals surface area contributed by atoms with Crippen molar-refractivity contribution < 1.29 is 27.1 Å². The molecule has 2 aliphatic rings. The van der Waals surface area contributed by atoms with Crippen LogP contribution in [-0.2, 0) is 16.1 Å². The third-order valence-electron chi connectivity index (χ3n) is 5.42. The van der Waals surface area contributed by atoms with Gasteiger partial charge in [-0.15, -0.1) is 0 Å². The molecule has 1 aromatic rings. The summed E-state index contributed by atoms with van der Waals surface area (Å²) in [4.78, 5) is 12.9. The van der Waals surface area contributed by atoms with Gasteiger partial charge in [0.25, 0.3) is 5.91 Å². The number of halogens is 4. The fraction of sp³-hybridized carbons (Fsp3) is 0.632. The van der Waals surface area contributed by atoms with E-state index in [9.17, 15) is 22.4 Å². The van der Waals surface area contributed by atoms with Crippen molar-refractivity contribution in [3.05, 3.63) is 29.6 Å². The van der Waals surface area contributed by atoms with Gasteiger partial charge < -0.3 is 10.1 Å². The lowest BCUT2D eigenvalue weighted by Crippen LogP contribution is -2.53. The second-order valence-corrected chi connectivity index (χ2v) is 7.65. The maximum atomic E-state index is 13.8. The summed E-state index contributed by atoms with van der Waals surface area (Å²) in [5.41, 5.74) is -0.901. The second kappa shape index (κ2) is 7.30. The maximum absolute atomic E-state index is 13.8. The third kappa shape index (κ3) is 4.36. The van der Waals surface area contributed by atoms with Gasteiger partial charge in [-0.25, -0.2) is 4.39 Å². The average Bonchev–Trinajstić information content (AvgIpc) is 3.44. The van der Waals surface area contributed by atoms with E-state index in [0.717, 1.165) is 38.4 Å². The maximum Gasteiger partial charge on any atom is 0.484 e. The van der Waals surface area contributed by atoms with Crippen molar-refractivity contribution in [3.63, 3.8) is 0 Å². The van der Waals surface area contributed by atoms with Gasteiger partial charge in [-0.3, -0.25) is 9.69 Å². The molecule has 1 amide bonds. The fourth-order valence-electron chi connectivity index (χ4n) is 3.55. The highest BCUT2D eigenvalue weighted by Crippen LogP contribution is 2.47. The Morgan fingerprint density at radius 2 is 2.00 bits per heavy atom. The smallest absolute Gasteiger partial charge is 0.365 e. The number of benzene rings is 1. The lowest BCUT2D eigenvalue weighted by atomic mass is 9.84. The van der Waals surface area contributed by atoms with Gasteiger partial charge in [0, 0.05) is 19.3 Å². The van der Waals surface area contributed by atoms with Crippen molar-refractivity contribution in [2.45, 2.75) is 51.1 Å². The summed E-state index contributed by atoms with van der Waals surface area (Å²) >= 11 is 0. The normalized spacial score (nSPS) is 25.9. The predicted octanol–water partition coefficient (Wildman–Crippen LogP) is 3.99. The first kappa shape index (κ1) is 19.9. The van der Waals surface area contributed by atoms with Crippen LogP contribution in [0.4, 0.5) is 23.2 Å². The number of nitrogens with one attached hydrogen (secondary N) is 1. The summed E-state index contributed by atoms with van der Waals surface area (Å²) in [6.45, 7) is 2.53. The quantitative estimate of drug-likeness (QED) is 0.613. The van der Waals surface area contributed by atoms with E-state index in [4.69, 9.17) is 4.74 Å². The largest absolute Gasteiger partial charge is 0.484 e. The van der Waals surface area contributed by atoms with Crippen molar-refractivity contribution in [3.8, 4) is 0 Å². The zero-order valence-corrected chi connectivity index (χ0v) is 15.4. The molecule has 2 atom stereocenters. The molecule has 1 saturated heterocycles. The summed E-state index contributed by atoms with van der Waals surface area (Å²) < 4.78 is 58.3. The lowest BCUT2D eigenvalue weighted by Gasteiger charge is -2.38. The number of nitrogens with zero attached hydrogens (tertiary/aromatic N) is 1. The van der Waals surface area contributed by atoms with Crippen LogP contribution in [0.5, 0.6) is 0 Å². The predicted molar refractivity (Wildman–Crippen MR) is 92.5 cm³/mol. The number of anilines is 1. The van der Waals surface area contributed by atoms with E-state index < -0.39 is 17.7 Å². The van der Waals surface area contributed by atoms with Crippen LogP contribution in [0, 0.1) is 17.7 Å². The molecule has 0 radical (unpaired) electrons. The number of ether oxygens (including phenoxy) is 1. The number of hydrogen-bond acceptors (Lipinski definition) is 3. The number of rotatable bonds is 5. The van der Waals surface area contributed by atoms with Crippen molar-refractivity contribution in [1.82, 2.24) is 5.32 Å². The number of hydrogen-bond donors (Lipinski definition) is 1. The molecule has 1 saturated carbocycles. The van der Waals surface area contributed by atoms with Gasteiger partial charge in [-0.2, -0.15) is 13.2 Å². The van der Waals surface area contributed by atoms with Crippen LogP contribution in [0.3, 0.4) is 0 Å². The van der Waals surface area contributed by atoms with Gasteiger partial charge in [0.1, 0.15) is 11.4 Å². The van der Waals surface area contributed by atoms with Crippen LogP contribution in [0.2, 0.25) is 0 Å². The molecule has 1 aromatic carbocycles. The van der Waals surface area contributed by atoms with E-state index >= 15 is 0 Å². The topological polar surface area (TPSA) is 41.6 Å². The van der Waals surface area contributed by atoms with E-state index in [0.29, 0.717) is 18.9 Å². The third-order valence-corrected chi connectivity index (χ3v) is 5.42. The summed E-state index contributed by atoms with van der Waals surface area (Å²) in [5.74, 6) is -0.461. The first-order chi connectivity index (χ1) is 12.6. The Bertz CT molecular complexity index is 695. The molecule has 0 bridgehead atoms. The van der Waals surface area contributed by atoms with Crippen LogP contribution in [0.25, 0.3) is 0 Å². The molecule has 1 heterocycles. The van der Waals surface area contributed by atoms with Gasteiger partial charge in [0.2, 0.25) is 0 Å². The van der Waals surface area contributed by atoms with E-state index in [1.165, 1.54) is 6.07 Å². The van der Waals surface area contributed by atoms with Gasteiger partial charge in [-0.05, 0) is 61.3 Å². The van der Waals surface area contributed by atoms with Gasteiger partial charge >= 0.3 is 6.30 Å². The van der Waals surface area contributed by atoms with Crippen molar-refractivity contribution in [1.29, 1.82) is 0 Å². The summed E-state index contributed by atoms with van der Waals surface area (Å²) in [6, 6.07) is 3.17. The van der Waals surface area contributed by atoms with Crippen LogP contribution in [0.15, 0.2) is 18.2 Å². The Morgan fingerprint density at radius 3 is 2.56 bits per heavy atom. The molecule has 0 spiro atoms. The number of amides is 1. The molecule has 8 heteroatoms. The summed E-state index contributed by atoms with van der Waals surface area (Å²) in [6.07, 6.45) is -1.22. The van der Waals surface area contributed by atoms with Gasteiger partial charge in [0.05, 0.1) is 6.61 Å². The molecule has 4 nitrogen and oxygen atoms in total. The minimum absolute atomic E-state index is 0.0404. The molecule has 27 heavy (non-hydrogen) atoms. The Hall–Kier alpha value is -1.83. The minimum Gasteiger partial charge on any atom is -0.365 e. The molecule has 150 valence electrons. The van der Waals surface area contributed by atoms with E-state index in [1.54, 1.807) is 0 Å². The molecular weight excluding hydrogens is 364 g/mol. The van der Waals surface area contributed by atoms with Gasteiger partial charge in [0.15, 0.2) is 0 Å². The van der Waals surface area contributed by atoms with E-state index in [1.807, 2.05) is 0 Å². The zero-order valence-electron chi connectivity index (χ0n) is 15.4. The SMILES string of the molecule is CC1CC[C@@](C(=O)NCc2cc(F)cc(N(C)C(F)(F)F)c2)(C2CC2)OC1. The van der Waals surface area contributed by atoms with Crippen molar-refractivity contribution in [2.24, 2.45) is 11.8 Å². The highest BCUT2D eigenvalue weighted by molar-refractivity contribution is 5.86. The summed E-state index contributed by atoms with van der Waals surface area (Å²) in [5, 5.41) is 2.75. The number of alkyl halides is 3. The highest BCUT2D eigenvalue weighted by atomic mass is 19.4. The monoisotopic (exact) mass is 388 g/mol. The Labute approximate surface area is 155 Å².